The van der Waals surface area contributed by atoms with Crippen molar-refractivity contribution in [3.63, 3.8) is 0 Å². The van der Waals surface area contributed by atoms with Gasteiger partial charge < -0.3 is 19.0 Å². The molecule has 35 heavy (non-hydrogen) atoms. The van der Waals surface area contributed by atoms with Crippen molar-refractivity contribution in [1.29, 1.82) is 0 Å². The molecule has 3 aromatic rings. The van der Waals surface area contributed by atoms with E-state index in [2.05, 4.69) is 21.1 Å². The van der Waals surface area contributed by atoms with Crippen molar-refractivity contribution in [2.75, 3.05) is 20.2 Å². The maximum atomic E-state index is 14.0. The number of halogens is 2. The highest BCUT2D eigenvalue weighted by atomic mass is 19.2. The lowest BCUT2D eigenvalue weighted by molar-refractivity contribution is 0.0573. The number of ether oxygens (including phenoxy) is 1. The predicted octanol–water partition coefficient (Wildman–Crippen LogP) is 5.73. The van der Waals surface area contributed by atoms with Crippen molar-refractivity contribution in [3.8, 4) is 11.4 Å². The van der Waals surface area contributed by atoms with Gasteiger partial charge in [0.25, 0.3) is 0 Å². The van der Waals surface area contributed by atoms with Crippen LogP contribution in [0.15, 0.2) is 53.6 Å². The number of rotatable bonds is 4. The van der Waals surface area contributed by atoms with E-state index in [4.69, 9.17) is 9.57 Å². The maximum absolute atomic E-state index is 14.0. The summed E-state index contributed by atoms with van der Waals surface area (Å²) in [5.41, 5.74) is 4.79. The lowest BCUT2D eigenvalue weighted by Crippen LogP contribution is -2.37. The molecule has 0 unspecified atom stereocenters. The minimum absolute atomic E-state index is 0.266. The zero-order valence-electron chi connectivity index (χ0n) is 20.1. The van der Waals surface area contributed by atoms with E-state index in [1.165, 1.54) is 6.07 Å². The number of hydrogen-bond donors (Lipinski definition) is 0. The average molecular weight is 479 g/mol. The summed E-state index contributed by atoms with van der Waals surface area (Å²) in [6, 6.07) is 8.91. The molecule has 182 valence electrons. The number of fused-ring (bicyclic) bond motifs is 1. The molecule has 0 amide bonds. The lowest BCUT2D eigenvalue weighted by atomic mass is 9.99. The van der Waals surface area contributed by atoms with Crippen LogP contribution in [0.2, 0.25) is 0 Å². The molecule has 3 heterocycles. The monoisotopic (exact) mass is 478 g/mol. The third-order valence-electron chi connectivity index (χ3n) is 6.53. The van der Waals surface area contributed by atoms with Gasteiger partial charge >= 0.3 is 0 Å². The summed E-state index contributed by atoms with van der Waals surface area (Å²) < 4.78 is 35.4. The first-order valence-electron chi connectivity index (χ1n) is 11.8. The number of aromatic nitrogens is 2. The Morgan fingerprint density at radius 1 is 1.14 bits per heavy atom. The number of imidazole rings is 1. The second kappa shape index (κ2) is 9.52. The minimum atomic E-state index is -0.859. The number of amidine groups is 1. The van der Waals surface area contributed by atoms with Crippen molar-refractivity contribution in [2.24, 2.45) is 5.16 Å². The van der Waals surface area contributed by atoms with Crippen molar-refractivity contribution in [1.82, 2.24) is 14.5 Å². The molecule has 6 nitrogen and oxygen atoms in total. The third kappa shape index (κ3) is 4.65. The summed E-state index contributed by atoms with van der Waals surface area (Å²) in [6.07, 6.45) is 7.92. The molecule has 0 N–H and O–H groups in total. The molecule has 0 radical (unpaired) electrons. The molecule has 1 aromatic heterocycles. The van der Waals surface area contributed by atoms with Crippen LogP contribution in [0.3, 0.4) is 0 Å². The van der Waals surface area contributed by atoms with E-state index < -0.39 is 17.7 Å². The van der Waals surface area contributed by atoms with Gasteiger partial charge in [-0.05, 0) is 79.3 Å². The van der Waals surface area contributed by atoms with Gasteiger partial charge in [0.2, 0.25) is 0 Å². The summed E-state index contributed by atoms with van der Waals surface area (Å²) in [4.78, 5) is 12.4. The predicted molar refractivity (Wildman–Crippen MR) is 131 cm³/mol. The van der Waals surface area contributed by atoms with Gasteiger partial charge in [0.1, 0.15) is 5.75 Å². The fourth-order valence-electron chi connectivity index (χ4n) is 4.71. The Balaban J connectivity index is 1.43. The molecule has 8 heteroatoms. The Morgan fingerprint density at radius 3 is 2.74 bits per heavy atom. The number of aryl methyl sites for hydroxylation is 2. The average Bonchev–Trinajstić information content (AvgIpc) is 3.16. The second-order valence-electron chi connectivity index (χ2n) is 9.05. The molecule has 0 aliphatic carbocycles. The SMILES string of the molecule is COc1cc(/C=C2\CCCN3CC[C@H](c4cc(C)c(F)c(F)c4)ON=C23)ccc1-n1cnc(C)c1. The maximum Gasteiger partial charge on any atom is 0.171 e. The highest BCUT2D eigenvalue weighted by Gasteiger charge is 2.28. The molecule has 2 aliphatic heterocycles. The Hall–Kier alpha value is -3.68. The van der Waals surface area contributed by atoms with Crippen molar-refractivity contribution < 1.29 is 18.4 Å². The van der Waals surface area contributed by atoms with Crippen molar-refractivity contribution in [2.45, 2.75) is 39.2 Å². The van der Waals surface area contributed by atoms with E-state index >= 15 is 0 Å². The molecular formula is C27H28F2N4O2. The second-order valence-corrected chi connectivity index (χ2v) is 9.05. The Morgan fingerprint density at radius 2 is 2.00 bits per heavy atom. The molecule has 0 bridgehead atoms. The minimum Gasteiger partial charge on any atom is -0.495 e. The standard InChI is InChI=1S/C27H28F2N4O2/c1-17-11-21(14-22(28)26(17)29)24-8-10-32-9-4-5-20(27(32)31-35-24)12-19-6-7-23(25(13-19)34-3)33-15-18(2)30-16-33/h6-7,11-16,24H,4-5,8-10H2,1-3H3/b20-12+/t24-/m1/s1. The number of benzene rings is 2. The topological polar surface area (TPSA) is 51.9 Å². The molecule has 2 aliphatic rings. The molecule has 0 spiro atoms. The van der Waals surface area contributed by atoms with E-state index in [9.17, 15) is 8.78 Å². The van der Waals surface area contributed by atoms with Gasteiger partial charge in [0.05, 0.1) is 24.8 Å². The zero-order valence-corrected chi connectivity index (χ0v) is 20.1. The summed E-state index contributed by atoms with van der Waals surface area (Å²) in [5.74, 6) is -0.133. The molecule has 1 atom stereocenters. The number of oxime groups is 1. The van der Waals surface area contributed by atoms with E-state index in [0.29, 0.717) is 12.0 Å². The Bertz CT molecular complexity index is 1290. The van der Waals surface area contributed by atoms with Crippen molar-refractivity contribution >= 4 is 11.9 Å². The summed E-state index contributed by atoms with van der Waals surface area (Å²) in [5, 5.41) is 4.49. The molecule has 1 saturated heterocycles. The van der Waals surface area contributed by atoms with Crippen LogP contribution in [-0.4, -0.2) is 40.5 Å². The van der Waals surface area contributed by atoms with Gasteiger partial charge in [0.15, 0.2) is 23.6 Å². The third-order valence-corrected chi connectivity index (χ3v) is 6.53. The van der Waals surface area contributed by atoms with Crippen LogP contribution >= 0.6 is 0 Å². The first-order valence-corrected chi connectivity index (χ1v) is 11.8. The molecule has 5 rings (SSSR count). The van der Waals surface area contributed by atoms with Crippen LogP contribution < -0.4 is 4.74 Å². The fraction of sp³-hybridized carbons (Fsp3) is 0.333. The summed E-state index contributed by atoms with van der Waals surface area (Å²) >= 11 is 0. The quantitative estimate of drug-likeness (QED) is 0.481. The highest BCUT2D eigenvalue weighted by molar-refractivity contribution is 6.02. The van der Waals surface area contributed by atoms with Crippen molar-refractivity contribution in [3.05, 3.63) is 82.4 Å². The molecule has 1 fully saturated rings. The summed E-state index contributed by atoms with van der Waals surface area (Å²) in [7, 11) is 1.66. The van der Waals surface area contributed by atoms with Crippen LogP contribution in [0.25, 0.3) is 11.8 Å². The number of nitrogens with zero attached hydrogens (tertiary/aromatic N) is 4. The highest BCUT2D eigenvalue weighted by Crippen LogP contribution is 2.32. The van der Waals surface area contributed by atoms with Crippen LogP contribution in [0, 0.1) is 25.5 Å². The first-order chi connectivity index (χ1) is 16.9. The summed E-state index contributed by atoms with van der Waals surface area (Å²) in [6.45, 7) is 5.11. The van der Waals surface area contributed by atoms with E-state index in [1.807, 2.05) is 35.9 Å². The number of methoxy groups -OCH3 is 1. The van der Waals surface area contributed by atoms with Crippen LogP contribution in [0.1, 0.15) is 47.8 Å². The molecule has 2 aromatic carbocycles. The van der Waals surface area contributed by atoms with Crippen LogP contribution in [0.4, 0.5) is 8.78 Å². The smallest absolute Gasteiger partial charge is 0.171 e. The lowest BCUT2D eigenvalue weighted by Gasteiger charge is -2.30. The number of piperidine rings is 1. The van der Waals surface area contributed by atoms with Crippen LogP contribution in [-0.2, 0) is 4.84 Å². The van der Waals surface area contributed by atoms with E-state index in [1.54, 1.807) is 26.4 Å². The van der Waals surface area contributed by atoms with Gasteiger partial charge in [-0.1, -0.05) is 11.2 Å². The molecular weight excluding hydrogens is 450 g/mol. The Labute approximate surface area is 203 Å². The largest absolute Gasteiger partial charge is 0.495 e. The fourth-order valence-corrected chi connectivity index (χ4v) is 4.71. The number of hydrogen-bond acceptors (Lipinski definition) is 5. The first kappa shape index (κ1) is 23.1. The van der Waals surface area contributed by atoms with E-state index in [-0.39, 0.29) is 5.56 Å². The van der Waals surface area contributed by atoms with E-state index in [0.717, 1.165) is 60.0 Å². The van der Waals surface area contributed by atoms with Gasteiger partial charge in [-0.25, -0.2) is 13.8 Å². The zero-order chi connectivity index (χ0) is 24.5. The van der Waals surface area contributed by atoms with Gasteiger partial charge in [-0.2, -0.15) is 0 Å². The van der Waals surface area contributed by atoms with Gasteiger partial charge in [0, 0.05) is 25.7 Å². The van der Waals surface area contributed by atoms with Crippen LogP contribution in [0.5, 0.6) is 5.75 Å². The van der Waals surface area contributed by atoms with Gasteiger partial charge in [-0.15, -0.1) is 0 Å². The molecule has 0 saturated carbocycles. The normalized spacial score (nSPS) is 19.1. The Kier molecular flexibility index (Phi) is 6.28. The van der Waals surface area contributed by atoms with Gasteiger partial charge in [-0.3, -0.25) is 0 Å².